The van der Waals surface area contributed by atoms with E-state index in [1.54, 1.807) is 0 Å². The van der Waals surface area contributed by atoms with Crippen LogP contribution in [0.25, 0.3) is 0 Å². The van der Waals surface area contributed by atoms with Gasteiger partial charge in [-0.3, -0.25) is 9.59 Å². The van der Waals surface area contributed by atoms with Crippen LogP contribution in [0.4, 0.5) is 0 Å². The lowest BCUT2D eigenvalue weighted by Gasteiger charge is -2.70. The minimum absolute atomic E-state index is 0.0109. The topological polar surface area (TPSA) is 94.8 Å². The zero-order valence-electron chi connectivity index (χ0n) is 22.6. The van der Waals surface area contributed by atoms with E-state index in [0.29, 0.717) is 25.2 Å². The Morgan fingerprint density at radius 1 is 0.829 bits per heavy atom. The predicted octanol–water partition coefficient (Wildman–Crippen LogP) is 6.30. The van der Waals surface area contributed by atoms with Gasteiger partial charge in [0.1, 0.15) is 0 Å². The monoisotopic (exact) mass is 486 g/mol. The molecule has 5 aliphatic rings. The Morgan fingerprint density at radius 2 is 1.49 bits per heavy atom. The maximum Gasteiger partial charge on any atom is 0.314 e. The molecule has 0 unspecified atom stereocenters. The minimum Gasteiger partial charge on any atom is -0.481 e. The van der Waals surface area contributed by atoms with E-state index in [2.05, 4.69) is 47.6 Å². The van der Waals surface area contributed by atoms with E-state index < -0.39 is 28.2 Å². The molecule has 0 aromatic carbocycles. The molecule has 0 heterocycles. The highest BCUT2D eigenvalue weighted by atomic mass is 16.4. The lowest BCUT2D eigenvalue weighted by Crippen LogP contribution is -2.67. The first-order valence-corrected chi connectivity index (χ1v) is 13.9. The molecular formula is C30H46O5. The molecule has 5 rings (SSSR count). The Kier molecular flexibility index (Phi) is 5.32. The highest BCUT2D eigenvalue weighted by molar-refractivity contribution is 5.84. The number of aliphatic hydroxyl groups is 1. The van der Waals surface area contributed by atoms with Gasteiger partial charge in [0, 0.05) is 0 Å². The third-order valence-corrected chi connectivity index (χ3v) is 12.9. The van der Waals surface area contributed by atoms with Gasteiger partial charge in [-0.2, -0.15) is 0 Å². The van der Waals surface area contributed by atoms with Crippen molar-refractivity contribution in [3.63, 3.8) is 0 Å². The average Bonchev–Trinajstić information content (AvgIpc) is 2.75. The van der Waals surface area contributed by atoms with Crippen LogP contribution in [0.2, 0.25) is 0 Å². The van der Waals surface area contributed by atoms with Crippen molar-refractivity contribution in [3.05, 3.63) is 11.6 Å². The van der Waals surface area contributed by atoms with Gasteiger partial charge >= 0.3 is 11.9 Å². The molecule has 0 aliphatic heterocycles. The highest BCUT2D eigenvalue weighted by Gasteiger charge is 2.73. The molecule has 0 aromatic rings. The van der Waals surface area contributed by atoms with Crippen molar-refractivity contribution in [2.24, 2.45) is 50.2 Å². The van der Waals surface area contributed by atoms with E-state index in [1.165, 1.54) is 0 Å². The van der Waals surface area contributed by atoms with Gasteiger partial charge in [0.2, 0.25) is 0 Å². The number of hydrogen-bond acceptors (Lipinski definition) is 3. The van der Waals surface area contributed by atoms with Crippen molar-refractivity contribution >= 4 is 11.9 Å². The molecule has 0 bridgehead atoms. The third-order valence-electron chi connectivity index (χ3n) is 12.9. The predicted molar refractivity (Wildman–Crippen MR) is 135 cm³/mol. The quantitative estimate of drug-likeness (QED) is 0.398. The molecule has 5 nitrogen and oxygen atoms in total. The molecule has 0 radical (unpaired) electrons. The summed E-state index contributed by atoms with van der Waals surface area (Å²) < 4.78 is 0. The first-order chi connectivity index (χ1) is 16.1. The summed E-state index contributed by atoms with van der Waals surface area (Å²) in [5.74, 6) is -1.11. The zero-order valence-corrected chi connectivity index (χ0v) is 22.6. The fourth-order valence-corrected chi connectivity index (χ4v) is 10.7. The molecule has 5 aliphatic carbocycles. The Labute approximate surface area is 210 Å². The van der Waals surface area contributed by atoms with Gasteiger partial charge in [0.25, 0.3) is 0 Å². The second-order valence-corrected chi connectivity index (χ2v) is 14.9. The third kappa shape index (κ3) is 2.97. The minimum atomic E-state index is -0.999. The summed E-state index contributed by atoms with van der Waals surface area (Å²) in [4.78, 5) is 26.3. The number of carboxylic acids is 2. The molecule has 0 amide bonds. The largest absolute Gasteiger partial charge is 0.481 e. The van der Waals surface area contributed by atoms with Gasteiger partial charge in [-0.1, -0.05) is 53.2 Å². The molecule has 0 saturated heterocycles. The second kappa shape index (κ2) is 7.36. The molecule has 0 aromatic heterocycles. The van der Waals surface area contributed by atoms with Gasteiger partial charge in [-0.15, -0.1) is 0 Å². The van der Waals surface area contributed by atoms with Crippen LogP contribution in [0.1, 0.15) is 106 Å². The molecule has 4 saturated carbocycles. The van der Waals surface area contributed by atoms with Crippen molar-refractivity contribution in [1.82, 2.24) is 0 Å². The second-order valence-electron chi connectivity index (χ2n) is 14.9. The van der Waals surface area contributed by atoms with Crippen LogP contribution in [0.5, 0.6) is 0 Å². The Hall–Kier alpha value is -1.36. The zero-order chi connectivity index (χ0) is 25.8. The fourth-order valence-electron chi connectivity index (χ4n) is 10.7. The summed E-state index contributed by atoms with van der Waals surface area (Å²) in [5, 5.41) is 32.4. The van der Waals surface area contributed by atoms with Gasteiger partial charge in [0.05, 0.1) is 16.9 Å². The SMILES string of the molecule is CC1(C)CC[C@]2(C(=O)O)CC[C@]3(C(=O)O)C(=CC[C@@H]4[C@@]5(C)CC[C@H](O)C(C)(C)[C@H]5CC[C@]43C)[C@H]2C1. The van der Waals surface area contributed by atoms with Gasteiger partial charge in [-0.25, -0.2) is 0 Å². The molecule has 3 N–H and O–H groups in total. The van der Waals surface area contributed by atoms with Crippen LogP contribution in [-0.4, -0.2) is 33.4 Å². The fraction of sp³-hybridized carbons (Fsp3) is 0.867. The standard InChI is InChI=1S/C30H46O5/c1-25(2)13-14-29(23(32)33)15-16-30(24(34)35)18(19(29)17-25)7-8-21-27(5)11-10-22(31)26(3,4)20(27)9-12-28(21,30)6/h7,19-22,31H,8-17H2,1-6H3,(H,32,33)(H,34,35)/t19-,20-,21-,22+,27+,28-,29+,30-/m1/s1. The summed E-state index contributed by atoms with van der Waals surface area (Å²) in [6, 6.07) is 0. The average molecular weight is 487 g/mol. The summed E-state index contributed by atoms with van der Waals surface area (Å²) in [6.07, 6.45) is 9.32. The number of aliphatic carboxylic acids is 2. The summed E-state index contributed by atoms with van der Waals surface area (Å²) >= 11 is 0. The summed E-state index contributed by atoms with van der Waals surface area (Å²) in [5.41, 5.74) is -1.51. The first kappa shape index (κ1) is 25.3. The lowest BCUT2D eigenvalue weighted by atomic mass is 9.33. The molecule has 4 fully saturated rings. The van der Waals surface area contributed by atoms with Crippen molar-refractivity contribution < 1.29 is 24.9 Å². The number of carbonyl (C=O) groups is 2. The van der Waals surface area contributed by atoms with Gasteiger partial charge < -0.3 is 15.3 Å². The van der Waals surface area contributed by atoms with Crippen LogP contribution >= 0.6 is 0 Å². The van der Waals surface area contributed by atoms with E-state index in [0.717, 1.165) is 50.5 Å². The van der Waals surface area contributed by atoms with Crippen molar-refractivity contribution in [2.75, 3.05) is 0 Å². The smallest absolute Gasteiger partial charge is 0.314 e. The first-order valence-electron chi connectivity index (χ1n) is 13.9. The van der Waals surface area contributed by atoms with Crippen molar-refractivity contribution in [3.8, 4) is 0 Å². The molecule has 8 atom stereocenters. The van der Waals surface area contributed by atoms with E-state index in [9.17, 15) is 24.9 Å². The Morgan fingerprint density at radius 3 is 2.11 bits per heavy atom. The number of carboxylic acid groups (broad SMARTS) is 2. The van der Waals surface area contributed by atoms with Crippen molar-refractivity contribution in [2.45, 2.75) is 112 Å². The Balaban J connectivity index is 1.67. The molecule has 196 valence electrons. The number of rotatable bonds is 2. The Bertz CT molecular complexity index is 979. The van der Waals surface area contributed by atoms with E-state index in [-0.39, 0.29) is 34.2 Å². The summed E-state index contributed by atoms with van der Waals surface area (Å²) in [7, 11) is 0. The van der Waals surface area contributed by atoms with Crippen molar-refractivity contribution in [1.29, 1.82) is 0 Å². The van der Waals surface area contributed by atoms with Gasteiger partial charge in [-0.05, 0) is 104 Å². The lowest BCUT2D eigenvalue weighted by molar-refractivity contribution is -0.215. The van der Waals surface area contributed by atoms with Crippen LogP contribution in [0, 0.1) is 50.2 Å². The molecular weight excluding hydrogens is 440 g/mol. The van der Waals surface area contributed by atoms with Crippen LogP contribution in [-0.2, 0) is 9.59 Å². The number of allylic oxidation sites excluding steroid dienone is 1. The maximum absolute atomic E-state index is 13.5. The maximum atomic E-state index is 13.5. The number of aliphatic hydroxyl groups excluding tert-OH is 1. The van der Waals surface area contributed by atoms with E-state index in [4.69, 9.17) is 0 Å². The van der Waals surface area contributed by atoms with Crippen LogP contribution < -0.4 is 0 Å². The summed E-state index contributed by atoms with van der Waals surface area (Å²) in [6.45, 7) is 13.4. The molecule has 5 heteroatoms. The van der Waals surface area contributed by atoms with E-state index >= 15 is 0 Å². The normalized spacial score (nSPS) is 50.0. The number of fused-ring (bicyclic) bond motifs is 7. The van der Waals surface area contributed by atoms with E-state index in [1.807, 2.05) is 0 Å². The highest BCUT2D eigenvalue weighted by Crippen LogP contribution is 2.75. The van der Waals surface area contributed by atoms with Crippen LogP contribution in [0.15, 0.2) is 11.6 Å². The van der Waals surface area contributed by atoms with Crippen LogP contribution in [0.3, 0.4) is 0 Å². The number of hydrogen-bond donors (Lipinski definition) is 3. The molecule has 0 spiro atoms. The van der Waals surface area contributed by atoms with Gasteiger partial charge in [0.15, 0.2) is 0 Å². The molecule has 35 heavy (non-hydrogen) atoms.